The molecule has 1 aromatic heterocycles. The van der Waals surface area contributed by atoms with Crippen LogP contribution in [0.5, 0.6) is 0 Å². The zero-order chi connectivity index (χ0) is 8.10. The normalized spacial score (nSPS) is 11.7. The average molecular weight is 148 g/mol. The molecule has 1 heterocycles. The van der Waals surface area contributed by atoms with E-state index >= 15 is 0 Å². The fraction of sp³-hybridized carbons (Fsp3) is 0.286. The van der Waals surface area contributed by atoms with Crippen LogP contribution in [0.25, 0.3) is 10.4 Å². The molecule has 4 heteroatoms. The second-order valence-electron chi connectivity index (χ2n) is 2.14. The van der Waals surface area contributed by atoms with Gasteiger partial charge >= 0.3 is 0 Å². The maximum absolute atomic E-state index is 8.13. The van der Waals surface area contributed by atoms with E-state index in [0.717, 1.165) is 5.69 Å². The van der Waals surface area contributed by atoms with Crippen LogP contribution in [-0.2, 0) is 0 Å². The molecule has 0 saturated carbocycles. The number of nitrogens with zero attached hydrogens (tertiary/aromatic N) is 4. The molecular formula is C7H8N4. The molecule has 0 aliphatic rings. The van der Waals surface area contributed by atoms with Gasteiger partial charge in [0, 0.05) is 16.8 Å². The Bertz CT molecular complexity index is 263. The third-order valence-corrected chi connectivity index (χ3v) is 1.34. The number of hydrogen-bond acceptors (Lipinski definition) is 2. The van der Waals surface area contributed by atoms with Crippen LogP contribution in [0.2, 0.25) is 0 Å². The van der Waals surface area contributed by atoms with Gasteiger partial charge in [-0.05, 0) is 17.7 Å². The standard InChI is InChI=1S/C7H8N4/c1-6(10-11-8)7-4-2-3-5-9-7/h2-6H,1H3/t6-/m0/s1. The molecule has 56 valence electrons. The van der Waals surface area contributed by atoms with Crippen molar-refractivity contribution in [1.29, 1.82) is 0 Å². The molecule has 0 amide bonds. The third-order valence-electron chi connectivity index (χ3n) is 1.34. The Labute approximate surface area is 64.5 Å². The van der Waals surface area contributed by atoms with Crippen molar-refractivity contribution < 1.29 is 0 Å². The fourth-order valence-corrected chi connectivity index (χ4v) is 0.760. The van der Waals surface area contributed by atoms with Crippen molar-refractivity contribution in [3.8, 4) is 0 Å². The Morgan fingerprint density at radius 3 is 3.00 bits per heavy atom. The third kappa shape index (κ3) is 1.95. The maximum atomic E-state index is 8.13. The van der Waals surface area contributed by atoms with Crippen molar-refractivity contribution in [2.24, 2.45) is 5.11 Å². The van der Waals surface area contributed by atoms with Crippen molar-refractivity contribution in [3.05, 3.63) is 40.5 Å². The van der Waals surface area contributed by atoms with Crippen molar-refractivity contribution >= 4 is 0 Å². The molecule has 4 nitrogen and oxygen atoms in total. The van der Waals surface area contributed by atoms with Crippen molar-refractivity contribution in [2.75, 3.05) is 0 Å². The number of aromatic nitrogens is 1. The molecule has 0 fully saturated rings. The predicted octanol–water partition coefficient (Wildman–Crippen LogP) is 2.45. The van der Waals surface area contributed by atoms with Gasteiger partial charge in [-0.15, -0.1) is 0 Å². The Morgan fingerprint density at radius 1 is 1.64 bits per heavy atom. The number of pyridine rings is 1. The van der Waals surface area contributed by atoms with Crippen LogP contribution >= 0.6 is 0 Å². The number of azide groups is 1. The summed E-state index contributed by atoms with van der Waals surface area (Å²) in [7, 11) is 0. The second-order valence-corrected chi connectivity index (χ2v) is 2.14. The summed E-state index contributed by atoms with van der Waals surface area (Å²) in [5.41, 5.74) is 8.93. The molecule has 0 bridgehead atoms. The SMILES string of the molecule is C[C@H](N=[N+]=[N-])c1ccccn1. The van der Waals surface area contributed by atoms with Crippen LogP contribution in [0.15, 0.2) is 29.5 Å². The molecule has 0 aliphatic carbocycles. The van der Waals surface area contributed by atoms with E-state index in [4.69, 9.17) is 5.53 Å². The summed E-state index contributed by atoms with van der Waals surface area (Å²) in [6.07, 6.45) is 1.68. The molecule has 0 N–H and O–H groups in total. The summed E-state index contributed by atoms with van der Waals surface area (Å²) in [5.74, 6) is 0. The minimum atomic E-state index is -0.179. The van der Waals surface area contributed by atoms with E-state index in [9.17, 15) is 0 Å². The summed E-state index contributed by atoms with van der Waals surface area (Å²) in [5, 5.41) is 3.51. The van der Waals surface area contributed by atoms with Gasteiger partial charge < -0.3 is 0 Å². The number of rotatable bonds is 2. The summed E-state index contributed by atoms with van der Waals surface area (Å²) < 4.78 is 0. The lowest BCUT2D eigenvalue weighted by Crippen LogP contribution is -1.90. The van der Waals surface area contributed by atoms with Crippen molar-refractivity contribution in [2.45, 2.75) is 13.0 Å². The van der Waals surface area contributed by atoms with Crippen LogP contribution in [0, 0.1) is 0 Å². The molecule has 1 rings (SSSR count). The van der Waals surface area contributed by atoms with E-state index < -0.39 is 0 Å². The first-order chi connectivity index (χ1) is 5.34. The van der Waals surface area contributed by atoms with Gasteiger partial charge in [0.25, 0.3) is 0 Å². The van der Waals surface area contributed by atoms with E-state index in [0.29, 0.717) is 0 Å². The van der Waals surface area contributed by atoms with Gasteiger partial charge in [-0.1, -0.05) is 18.1 Å². The summed E-state index contributed by atoms with van der Waals surface area (Å²) in [6.45, 7) is 1.81. The van der Waals surface area contributed by atoms with E-state index in [1.165, 1.54) is 0 Å². The topological polar surface area (TPSA) is 61.7 Å². The minimum Gasteiger partial charge on any atom is -0.261 e. The Balaban J connectivity index is 2.84. The molecule has 11 heavy (non-hydrogen) atoms. The lowest BCUT2D eigenvalue weighted by molar-refractivity contribution is 0.772. The largest absolute Gasteiger partial charge is 0.261 e. The van der Waals surface area contributed by atoms with Gasteiger partial charge in [0.15, 0.2) is 0 Å². The fourth-order valence-electron chi connectivity index (χ4n) is 0.760. The highest BCUT2D eigenvalue weighted by Crippen LogP contribution is 2.12. The molecule has 0 saturated heterocycles. The van der Waals surface area contributed by atoms with E-state index in [2.05, 4.69) is 15.0 Å². The predicted molar refractivity (Wildman–Crippen MR) is 41.8 cm³/mol. The second kappa shape index (κ2) is 3.58. The summed E-state index contributed by atoms with van der Waals surface area (Å²) >= 11 is 0. The van der Waals surface area contributed by atoms with E-state index in [-0.39, 0.29) is 6.04 Å². The van der Waals surface area contributed by atoms with Gasteiger partial charge in [0.05, 0.1) is 6.04 Å². The van der Waals surface area contributed by atoms with Crippen molar-refractivity contribution in [3.63, 3.8) is 0 Å². The van der Waals surface area contributed by atoms with Crippen LogP contribution in [-0.4, -0.2) is 4.98 Å². The smallest absolute Gasteiger partial charge is 0.0769 e. The molecule has 1 aromatic rings. The Morgan fingerprint density at radius 2 is 2.45 bits per heavy atom. The lowest BCUT2D eigenvalue weighted by atomic mass is 10.2. The van der Waals surface area contributed by atoms with Crippen LogP contribution in [0.1, 0.15) is 18.7 Å². The Hall–Kier alpha value is -1.54. The molecular weight excluding hydrogens is 140 g/mol. The number of hydrogen-bond donors (Lipinski definition) is 0. The molecule has 0 unspecified atom stereocenters. The molecule has 0 aromatic carbocycles. The van der Waals surface area contributed by atoms with Gasteiger partial charge in [0.1, 0.15) is 0 Å². The molecule has 0 spiro atoms. The maximum Gasteiger partial charge on any atom is 0.0769 e. The lowest BCUT2D eigenvalue weighted by Gasteiger charge is -2.00. The quantitative estimate of drug-likeness (QED) is 0.361. The van der Waals surface area contributed by atoms with Crippen LogP contribution < -0.4 is 0 Å². The molecule has 1 atom stereocenters. The highest BCUT2D eigenvalue weighted by atomic mass is 15.1. The van der Waals surface area contributed by atoms with E-state index in [1.807, 2.05) is 25.1 Å². The minimum absolute atomic E-state index is 0.179. The first kappa shape index (κ1) is 7.57. The van der Waals surface area contributed by atoms with Crippen LogP contribution in [0.3, 0.4) is 0 Å². The highest BCUT2D eigenvalue weighted by Gasteiger charge is 2.00. The Kier molecular flexibility index (Phi) is 2.47. The first-order valence-corrected chi connectivity index (χ1v) is 3.29. The summed E-state index contributed by atoms with van der Waals surface area (Å²) in [6, 6.07) is 5.35. The van der Waals surface area contributed by atoms with Gasteiger partial charge in [-0.2, -0.15) is 0 Å². The van der Waals surface area contributed by atoms with Crippen molar-refractivity contribution in [1.82, 2.24) is 4.98 Å². The van der Waals surface area contributed by atoms with Gasteiger partial charge in [0.2, 0.25) is 0 Å². The van der Waals surface area contributed by atoms with Crippen LogP contribution in [0.4, 0.5) is 0 Å². The molecule has 0 aliphatic heterocycles. The van der Waals surface area contributed by atoms with Gasteiger partial charge in [-0.25, -0.2) is 0 Å². The monoisotopic (exact) mass is 148 g/mol. The average Bonchev–Trinajstić information content (AvgIpc) is 2.07. The summed E-state index contributed by atoms with van der Waals surface area (Å²) in [4.78, 5) is 6.73. The first-order valence-electron chi connectivity index (χ1n) is 3.29. The zero-order valence-electron chi connectivity index (χ0n) is 6.18. The van der Waals surface area contributed by atoms with E-state index in [1.54, 1.807) is 6.20 Å². The molecule has 0 radical (unpaired) electrons. The highest BCUT2D eigenvalue weighted by molar-refractivity contribution is 5.07. The zero-order valence-corrected chi connectivity index (χ0v) is 6.18. The van der Waals surface area contributed by atoms with Gasteiger partial charge in [-0.3, -0.25) is 4.98 Å².